The minimum atomic E-state index is 0.157. The molecule has 0 radical (unpaired) electrons. The molecule has 124 valence electrons. The maximum atomic E-state index is 8.22. The molecule has 0 aliphatic rings. The number of benzene rings is 2. The highest BCUT2D eigenvalue weighted by molar-refractivity contribution is 6.42. The van der Waals surface area contributed by atoms with Crippen molar-refractivity contribution in [1.82, 2.24) is 10.2 Å². The first-order valence-corrected chi connectivity index (χ1v) is 8.47. The summed E-state index contributed by atoms with van der Waals surface area (Å²) in [7, 11) is 0. The number of halogens is 2. The minimum Gasteiger partial charge on any atom is -0.382 e. The molecule has 3 rings (SSSR count). The van der Waals surface area contributed by atoms with E-state index in [2.05, 4.69) is 28.5 Å². The van der Waals surface area contributed by atoms with Gasteiger partial charge < -0.3 is 10.7 Å². The van der Waals surface area contributed by atoms with E-state index in [4.69, 9.17) is 28.6 Å². The van der Waals surface area contributed by atoms with E-state index in [1.54, 1.807) is 12.3 Å². The number of aromatic nitrogens is 2. The molecule has 0 amide bonds. The molecule has 1 unspecified atom stereocenters. The van der Waals surface area contributed by atoms with Crippen molar-refractivity contribution in [1.29, 1.82) is 5.41 Å². The number of aromatic amines is 1. The molecule has 24 heavy (non-hydrogen) atoms. The Morgan fingerprint density at radius 3 is 2.83 bits per heavy atom. The highest BCUT2D eigenvalue weighted by Crippen LogP contribution is 2.23. The third-order valence-electron chi connectivity index (χ3n) is 3.81. The van der Waals surface area contributed by atoms with E-state index < -0.39 is 0 Å². The maximum absolute atomic E-state index is 8.22. The van der Waals surface area contributed by atoms with Crippen LogP contribution < -0.4 is 5.32 Å². The predicted octanol–water partition coefficient (Wildman–Crippen LogP) is 5.32. The molecule has 2 aromatic carbocycles. The number of H-pyrrole nitrogens is 1. The lowest BCUT2D eigenvalue weighted by Crippen LogP contribution is -2.20. The van der Waals surface area contributed by atoms with Crippen LogP contribution in [-0.2, 0) is 6.42 Å². The summed E-state index contributed by atoms with van der Waals surface area (Å²) in [6.45, 7) is 2.07. The molecule has 4 nitrogen and oxygen atoms in total. The van der Waals surface area contributed by atoms with E-state index in [1.165, 1.54) is 0 Å². The van der Waals surface area contributed by atoms with Crippen molar-refractivity contribution >= 4 is 45.5 Å². The summed E-state index contributed by atoms with van der Waals surface area (Å²) in [5, 5.41) is 20.7. The number of hydrogen-bond donors (Lipinski definition) is 3. The van der Waals surface area contributed by atoms with Crippen LogP contribution in [0, 0.1) is 5.41 Å². The van der Waals surface area contributed by atoms with Gasteiger partial charge in [-0.05, 0) is 42.8 Å². The Morgan fingerprint density at radius 2 is 2.04 bits per heavy atom. The van der Waals surface area contributed by atoms with Crippen LogP contribution in [0.2, 0.25) is 10.0 Å². The van der Waals surface area contributed by atoms with Gasteiger partial charge in [-0.2, -0.15) is 5.10 Å². The number of fused-ring (bicyclic) bond motifs is 1. The second-order valence-corrected chi connectivity index (χ2v) is 6.76. The summed E-state index contributed by atoms with van der Waals surface area (Å²) in [5.74, 6) is 0. The maximum Gasteiger partial charge on any atom is 0.0651 e. The zero-order chi connectivity index (χ0) is 17.1. The molecule has 1 heterocycles. The zero-order valence-electron chi connectivity index (χ0n) is 13.2. The van der Waals surface area contributed by atoms with Crippen LogP contribution in [0.1, 0.15) is 18.9 Å². The second-order valence-electron chi connectivity index (χ2n) is 5.95. The summed E-state index contributed by atoms with van der Waals surface area (Å²) in [6, 6.07) is 11.7. The summed E-state index contributed by atoms with van der Waals surface area (Å²) < 4.78 is 0. The largest absolute Gasteiger partial charge is 0.382 e. The van der Waals surface area contributed by atoms with Gasteiger partial charge in [0.25, 0.3) is 0 Å². The van der Waals surface area contributed by atoms with Crippen molar-refractivity contribution in [2.24, 2.45) is 0 Å². The standard InChI is InChI=1S/C18H18Cl2N4/c1-11(23-15-3-5-18-13(9-15)10-22-24-18)6-14(21)7-12-2-4-16(19)17(20)8-12/h2-5,8-11,21,23H,6-7H2,1H3,(H,22,24). The van der Waals surface area contributed by atoms with E-state index >= 15 is 0 Å². The number of anilines is 1. The molecule has 6 heteroatoms. The molecule has 0 saturated heterocycles. The third kappa shape index (κ3) is 4.08. The van der Waals surface area contributed by atoms with Gasteiger partial charge in [0.05, 0.1) is 21.8 Å². The molecule has 3 N–H and O–H groups in total. The molecule has 3 aromatic rings. The molecule has 0 fully saturated rings. The van der Waals surface area contributed by atoms with Gasteiger partial charge in [-0.25, -0.2) is 0 Å². The lowest BCUT2D eigenvalue weighted by molar-refractivity contribution is 0.825. The minimum absolute atomic E-state index is 0.157. The molecule has 0 aliphatic carbocycles. The van der Waals surface area contributed by atoms with Gasteiger partial charge in [-0.1, -0.05) is 29.3 Å². The Bertz CT molecular complexity index is 872. The van der Waals surface area contributed by atoms with Crippen molar-refractivity contribution in [2.45, 2.75) is 25.8 Å². The molecular formula is C18H18Cl2N4. The van der Waals surface area contributed by atoms with Gasteiger partial charge in [0.15, 0.2) is 0 Å². The fourth-order valence-corrected chi connectivity index (χ4v) is 3.03. The van der Waals surface area contributed by atoms with E-state index in [0.717, 1.165) is 22.2 Å². The molecule has 0 aliphatic heterocycles. The molecular weight excluding hydrogens is 343 g/mol. The van der Waals surface area contributed by atoms with Crippen LogP contribution in [0.5, 0.6) is 0 Å². The Balaban J connectivity index is 1.58. The van der Waals surface area contributed by atoms with E-state index in [1.807, 2.05) is 24.3 Å². The Kier molecular flexibility index (Phi) is 5.07. The highest BCUT2D eigenvalue weighted by Gasteiger charge is 2.09. The first-order chi connectivity index (χ1) is 11.5. The fourth-order valence-electron chi connectivity index (χ4n) is 2.71. The Labute approximate surface area is 150 Å². The third-order valence-corrected chi connectivity index (χ3v) is 4.55. The highest BCUT2D eigenvalue weighted by atomic mass is 35.5. The van der Waals surface area contributed by atoms with Crippen LogP contribution >= 0.6 is 23.2 Å². The quantitative estimate of drug-likeness (QED) is 0.520. The van der Waals surface area contributed by atoms with Crippen LogP contribution in [0.15, 0.2) is 42.6 Å². The second kappa shape index (κ2) is 7.24. The van der Waals surface area contributed by atoms with E-state index in [-0.39, 0.29) is 6.04 Å². The topological polar surface area (TPSA) is 64.6 Å². The molecule has 0 bridgehead atoms. The first-order valence-electron chi connectivity index (χ1n) is 7.71. The molecule has 0 spiro atoms. The van der Waals surface area contributed by atoms with E-state index in [9.17, 15) is 0 Å². The SMILES string of the molecule is CC(CC(=N)Cc1ccc(Cl)c(Cl)c1)Nc1ccc2[nH]ncc2c1. The van der Waals surface area contributed by atoms with Gasteiger partial charge in [0.1, 0.15) is 0 Å². The number of rotatable bonds is 6. The van der Waals surface area contributed by atoms with Gasteiger partial charge >= 0.3 is 0 Å². The predicted molar refractivity (Wildman–Crippen MR) is 102 cm³/mol. The summed E-state index contributed by atoms with van der Waals surface area (Å²) in [4.78, 5) is 0. The number of hydrogen-bond acceptors (Lipinski definition) is 3. The fraction of sp³-hybridized carbons (Fsp3) is 0.222. The summed E-state index contributed by atoms with van der Waals surface area (Å²) in [5.41, 5.74) is 3.69. The summed E-state index contributed by atoms with van der Waals surface area (Å²) >= 11 is 11.9. The summed E-state index contributed by atoms with van der Waals surface area (Å²) in [6.07, 6.45) is 3.03. The van der Waals surface area contributed by atoms with Crippen molar-refractivity contribution in [3.63, 3.8) is 0 Å². The Hall–Kier alpha value is -2.04. The average Bonchev–Trinajstić information content (AvgIpc) is 2.98. The van der Waals surface area contributed by atoms with Gasteiger partial charge in [-0.3, -0.25) is 5.10 Å². The van der Waals surface area contributed by atoms with Crippen molar-refractivity contribution < 1.29 is 0 Å². The van der Waals surface area contributed by atoms with Crippen LogP contribution in [-0.4, -0.2) is 22.0 Å². The monoisotopic (exact) mass is 360 g/mol. The van der Waals surface area contributed by atoms with Crippen LogP contribution in [0.3, 0.4) is 0 Å². The van der Waals surface area contributed by atoms with E-state index in [0.29, 0.717) is 28.6 Å². The van der Waals surface area contributed by atoms with Crippen LogP contribution in [0.25, 0.3) is 10.9 Å². The van der Waals surface area contributed by atoms with Crippen molar-refractivity contribution in [3.05, 3.63) is 58.2 Å². The lowest BCUT2D eigenvalue weighted by atomic mass is 10.0. The molecule has 0 saturated carbocycles. The van der Waals surface area contributed by atoms with Crippen molar-refractivity contribution in [2.75, 3.05) is 5.32 Å². The number of nitrogens with zero attached hydrogens (tertiary/aromatic N) is 1. The van der Waals surface area contributed by atoms with Gasteiger partial charge in [0, 0.05) is 35.7 Å². The van der Waals surface area contributed by atoms with Crippen LogP contribution in [0.4, 0.5) is 5.69 Å². The molecule has 1 atom stereocenters. The Morgan fingerprint density at radius 1 is 1.21 bits per heavy atom. The zero-order valence-corrected chi connectivity index (χ0v) is 14.7. The lowest BCUT2D eigenvalue weighted by Gasteiger charge is -2.16. The van der Waals surface area contributed by atoms with Gasteiger partial charge in [-0.15, -0.1) is 0 Å². The smallest absolute Gasteiger partial charge is 0.0651 e. The molecule has 1 aromatic heterocycles. The normalized spacial score (nSPS) is 12.3. The average molecular weight is 361 g/mol. The van der Waals surface area contributed by atoms with Gasteiger partial charge in [0.2, 0.25) is 0 Å². The van der Waals surface area contributed by atoms with Crippen molar-refractivity contribution in [3.8, 4) is 0 Å². The number of nitrogens with one attached hydrogen (secondary N) is 3. The first kappa shape index (κ1) is 16.8.